The lowest BCUT2D eigenvalue weighted by Crippen LogP contribution is -2.14. The van der Waals surface area contributed by atoms with Crippen molar-refractivity contribution in [1.29, 1.82) is 0 Å². The second-order valence-electron chi connectivity index (χ2n) is 2.48. The van der Waals surface area contributed by atoms with Crippen LogP contribution in [0.15, 0.2) is 0 Å². The van der Waals surface area contributed by atoms with Crippen molar-refractivity contribution in [3.05, 3.63) is 6.42 Å². The van der Waals surface area contributed by atoms with Gasteiger partial charge in [-0.05, 0) is 32.1 Å². The van der Waals surface area contributed by atoms with Crippen LogP contribution >= 0.6 is 0 Å². The van der Waals surface area contributed by atoms with Crippen LogP contribution in [-0.2, 0) is 0 Å². The topological polar surface area (TPSA) is 0 Å². The van der Waals surface area contributed by atoms with E-state index in [1.807, 2.05) is 6.42 Å². The van der Waals surface area contributed by atoms with Crippen molar-refractivity contribution in [3.63, 3.8) is 0 Å². The van der Waals surface area contributed by atoms with Crippen molar-refractivity contribution in [2.45, 2.75) is 38.0 Å². The summed E-state index contributed by atoms with van der Waals surface area (Å²) in [5.74, 6) is 0. The number of hydrogen-bond acceptors (Lipinski definition) is 0. The molecule has 2 heteroatoms. The van der Waals surface area contributed by atoms with Crippen molar-refractivity contribution in [1.82, 2.24) is 0 Å². The molecule has 0 aliphatic heterocycles. The van der Waals surface area contributed by atoms with Crippen LogP contribution in [-0.4, -0.2) is 12.3 Å². The number of halogens is 2. The van der Waals surface area contributed by atoms with E-state index in [4.69, 9.17) is 0 Å². The van der Waals surface area contributed by atoms with E-state index in [2.05, 4.69) is 0 Å². The maximum absolute atomic E-state index is 12.4. The van der Waals surface area contributed by atoms with E-state index in [1.165, 1.54) is 0 Å². The van der Waals surface area contributed by atoms with Crippen molar-refractivity contribution >= 4 is 0 Å². The molecular weight excluding hydrogens is 122 g/mol. The molecule has 0 heterocycles. The maximum Gasteiger partial charge on any atom is 0.131 e. The Labute approximate surface area is 54.3 Å². The molecule has 0 amide bonds. The van der Waals surface area contributed by atoms with Gasteiger partial charge in [-0.1, -0.05) is 0 Å². The second-order valence-corrected chi connectivity index (χ2v) is 2.48. The molecule has 0 bridgehead atoms. The normalized spacial score (nSPS) is 38.0. The summed E-state index contributed by atoms with van der Waals surface area (Å²) < 4.78 is 24.9. The third-order valence-corrected chi connectivity index (χ3v) is 1.69. The number of hydrogen-bond donors (Lipinski definition) is 0. The molecule has 0 nitrogen and oxygen atoms in total. The fourth-order valence-corrected chi connectivity index (χ4v) is 1.06. The zero-order valence-corrected chi connectivity index (χ0v) is 5.32. The van der Waals surface area contributed by atoms with Gasteiger partial charge in [0.1, 0.15) is 12.3 Å². The van der Waals surface area contributed by atoms with Gasteiger partial charge in [0.15, 0.2) is 0 Å². The first-order valence-corrected chi connectivity index (χ1v) is 3.40. The van der Waals surface area contributed by atoms with E-state index in [-0.39, 0.29) is 0 Å². The molecule has 1 radical (unpaired) electrons. The maximum atomic E-state index is 12.4. The van der Waals surface area contributed by atoms with Gasteiger partial charge in [0.2, 0.25) is 0 Å². The van der Waals surface area contributed by atoms with E-state index in [0.717, 1.165) is 12.8 Å². The third kappa shape index (κ3) is 1.92. The van der Waals surface area contributed by atoms with Crippen LogP contribution in [0.5, 0.6) is 0 Å². The van der Waals surface area contributed by atoms with Gasteiger partial charge in [0.25, 0.3) is 0 Å². The molecule has 53 valence electrons. The molecule has 1 saturated carbocycles. The standard InChI is InChI=1S/C7H11F2/c8-6-4-2-1-3-5-7(6)9/h1,6-7H,2-5H2. The lowest BCUT2D eigenvalue weighted by atomic mass is 10.1. The van der Waals surface area contributed by atoms with E-state index in [0.29, 0.717) is 12.8 Å². The van der Waals surface area contributed by atoms with Gasteiger partial charge in [0.05, 0.1) is 0 Å². The van der Waals surface area contributed by atoms with Crippen LogP contribution < -0.4 is 0 Å². The third-order valence-electron chi connectivity index (χ3n) is 1.69. The van der Waals surface area contributed by atoms with E-state index >= 15 is 0 Å². The molecule has 2 atom stereocenters. The molecule has 1 fully saturated rings. The molecule has 1 aliphatic carbocycles. The van der Waals surface area contributed by atoms with Gasteiger partial charge in [-0.25, -0.2) is 8.78 Å². The molecule has 0 saturated heterocycles. The van der Waals surface area contributed by atoms with Crippen LogP contribution in [0.1, 0.15) is 25.7 Å². The predicted molar refractivity (Wildman–Crippen MR) is 32.6 cm³/mol. The second kappa shape index (κ2) is 3.14. The quantitative estimate of drug-likeness (QED) is 0.445. The Morgan fingerprint density at radius 1 is 1.00 bits per heavy atom. The molecule has 1 aliphatic rings. The summed E-state index contributed by atoms with van der Waals surface area (Å²) in [7, 11) is 0. The Hall–Kier alpha value is -0.140. The van der Waals surface area contributed by atoms with Gasteiger partial charge < -0.3 is 0 Å². The summed E-state index contributed by atoms with van der Waals surface area (Å²) in [6, 6.07) is 0. The first kappa shape index (κ1) is 6.97. The smallest absolute Gasteiger partial charge is 0.131 e. The summed E-state index contributed by atoms with van der Waals surface area (Å²) in [5, 5.41) is 0. The highest BCUT2D eigenvalue weighted by Crippen LogP contribution is 2.21. The van der Waals surface area contributed by atoms with E-state index in [9.17, 15) is 8.78 Å². The van der Waals surface area contributed by atoms with Crippen LogP contribution in [0.2, 0.25) is 0 Å². The Balaban J connectivity index is 2.32. The Morgan fingerprint density at radius 2 is 1.44 bits per heavy atom. The van der Waals surface area contributed by atoms with Crippen LogP contribution in [0, 0.1) is 6.42 Å². The van der Waals surface area contributed by atoms with E-state index in [1.54, 1.807) is 0 Å². The molecular formula is C7H11F2. The summed E-state index contributed by atoms with van der Waals surface area (Å²) in [6.45, 7) is 0. The molecule has 1 rings (SSSR count). The van der Waals surface area contributed by atoms with Crippen molar-refractivity contribution < 1.29 is 8.78 Å². The summed E-state index contributed by atoms with van der Waals surface area (Å²) in [5.41, 5.74) is 0. The summed E-state index contributed by atoms with van der Waals surface area (Å²) in [6.07, 6.45) is 1.78. The zero-order chi connectivity index (χ0) is 6.69. The monoisotopic (exact) mass is 133 g/mol. The SMILES string of the molecule is FC1CC[CH]CCC1F. The van der Waals surface area contributed by atoms with Crippen molar-refractivity contribution in [2.24, 2.45) is 0 Å². The van der Waals surface area contributed by atoms with Crippen molar-refractivity contribution in [3.8, 4) is 0 Å². The van der Waals surface area contributed by atoms with Gasteiger partial charge in [-0.3, -0.25) is 0 Å². The first-order valence-electron chi connectivity index (χ1n) is 3.40. The molecule has 0 aromatic carbocycles. The Morgan fingerprint density at radius 3 is 1.89 bits per heavy atom. The lowest BCUT2D eigenvalue weighted by molar-refractivity contribution is 0.158. The van der Waals surface area contributed by atoms with Gasteiger partial charge >= 0.3 is 0 Å². The minimum atomic E-state index is -1.20. The molecule has 0 aromatic rings. The predicted octanol–water partition coefficient (Wildman–Crippen LogP) is 2.44. The average molecular weight is 133 g/mol. The highest BCUT2D eigenvalue weighted by molar-refractivity contribution is 4.79. The van der Waals surface area contributed by atoms with E-state index < -0.39 is 12.3 Å². The lowest BCUT2D eigenvalue weighted by Gasteiger charge is -2.06. The molecule has 2 unspecified atom stereocenters. The summed E-state index contributed by atoms with van der Waals surface area (Å²) in [4.78, 5) is 0. The average Bonchev–Trinajstić information content (AvgIpc) is 1.99. The van der Waals surface area contributed by atoms with Crippen LogP contribution in [0.4, 0.5) is 8.78 Å². The highest BCUT2D eigenvalue weighted by atomic mass is 19.2. The number of alkyl halides is 2. The molecule has 0 N–H and O–H groups in total. The molecule has 0 spiro atoms. The van der Waals surface area contributed by atoms with Crippen LogP contribution in [0.3, 0.4) is 0 Å². The fraction of sp³-hybridized carbons (Fsp3) is 0.857. The largest absolute Gasteiger partial charge is 0.244 e. The van der Waals surface area contributed by atoms with Gasteiger partial charge in [-0.2, -0.15) is 0 Å². The Kier molecular flexibility index (Phi) is 2.43. The van der Waals surface area contributed by atoms with Crippen molar-refractivity contribution in [2.75, 3.05) is 0 Å². The van der Waals surface area contributed by atoms with Crippen LogP contribution in [0.25, 0.3) is 0 Å². The Bertz CT molecular complexity index is 73.0. The van der Waals surface area contributed by atoms with Gasteiger partial charge in [0, 0.05) is 0 Å². The highest BCUT2D eigenvalue weighted by Gasteiger charge is 2.21. The zero-order valence-electron chi connectivity index (χ0n) is 5.32. The minimum Gasteiger partial charge on any atom is -0.244 e. The van der Waals surface area contributed by atoms with Gasteiger partial charge in [-0.15, -0.1) is 0 Å². The first-order chi connectivity index (χ1) is 4.30. The summed E-state index contributed by atoms with van der Waals surface area (Å²) >= 11 is 0. The number of rotatable bonds is 0. The molecule has 0 aromatic heterocycles. The fourth-order valence-electron chi connectivity index (χ4n) is 1.06. The minimum absolute atomic E-state index is 0.376. The molecule has 9 heavy (non-hydrogen) atoms.